The zero-order valence-corrected chi connectivity index (χ0v) is 15.9. The molecular formula is C16H25ClN2O4S. The first-order chi connectivity index (χ1) is 10.9. The van der Waals surface area contributed by atoms with Gasteiger partial charge in [0, 0.05) is 19.1 Å². The van der Waals surface area contributed by atoms with E-state index in [1.807, 2.05) is 7.05 Å². The molecule has 0 bridgehead atoms. The van der Waals surface area contributed by atoms with Gasteiger partial charge in [0.2, 0.25) is 10.0 Å². The standard InChI is InChI=1S/C16H24N2O4S.ClH/c1-4-22-16(19)13-6-5-12(2)15(11-13)23(20,21)18-9-7-14(17-3)8-10-18;/h5-6,11,14,17H,4,7-10H2,1-3H3;1H. The molecule has 1 aromatic rings. The molecule has 24 heavy (non-hydrogen) atoms. The molecule has 1 aliphatic heterocycles. The summed E-state index contributed by atoms with van der Waals surface area (Å²) in [6, 6.07) is 5.03. The predicted octanol–water partition coefficient (Wildman–Crippen LogP) is 1.97. The third kappa shape index (κ3) is 4.47. The van der Waals surface area contributed by atoms with Crippen LogP contribution in [0.3, 0.4) is 0 Å². The Morgan fingerprint density at radius 1 is 1.33 bits per heavy atom. The molecule has 0 aliphatic carbocycles. The van der Waals surface area contributed by atoms with E-state index in [1.165, 1.54) is 10.4 Å². The minimum absolute atomic E-state index is 0. The Morgan fingerprint density at radius 3 is 2.50 bits per heavy atom. The number of benzene rings is 1. The van der Waals surface area contributed by atoms with Gasteiger partial charge in [0.15, 0.2) is 0 Å². The number of nitrogens with zero attached hydrogens (tertiary/aromatic N) is 1. The number of esters is 1. The van der Waals surface area contributed by atoms with Crippen LogP contribution >= 0.6 is 12.4 Å². The van der Waals surface area contributed by atoms with E-state index in [4.69, 9.17) is 4.74 Å². The molecular weight excluding hydrogens is 352 g/mol. The molecule has 0 unspecified atom stereocenters. The van der Waals surface area contributed by atoms with Gasteiger partial charge < -0.3 is 10.1 Å². The molecule has 0 aromatic heterocycles. The number of rotatable bonds is 5. The van der Waals surface area contributed by atoms with Crippen molar-refractivity contribution in [2.45, 2.75) is 37.6 Å². The van der Waals surface area contributed by atoms with Gasteiger partial charge in [0.25, 0.3) is 0 Å². The number of aryl methyl sites for hydroxylation is 1. The van der Waals surface area contributed by atoms with Gasteiger partial charge in [-0.15, -0.1) is 12.4 Å². The van der Waals surface area contributed by atoms with E-state index in [-0.39, 0.29) is 29.5 Å². The summed E-state index contributed by atoms with van der Waals surface area (Å²) in [6.45, 7) is 4.68. The third-order valence-corrected chi connectivity index (χ3v) is 6.22. The Morgan fingerprint density at radius 2 is 1.96 bits per heavy atom. The van der Waals surface area contributed by atoms with Crippen molar-refractivity contribution < 1.29 is 17.9 Å². The number of carbonyl (C=O) groups is 1. The van der Waals surface area contributed by atoms with Crippen molar-refractivity contribution in [1.82, 2.24) is 9.62 Å². The molecule has 0 amide bonds. The number of piperidine rings is 1. The fourth-order valence-electron chi connectivity index (χ4n) is 2.74. The van der Waals surface area contributed by atoms with Crippen molar-refractivity contribution >= 4 is 28.4 Å². The van der Waals surface area contributed by atoms with Gasteiger partial charge in [0.05, 0.1) is 17.1 Å². The van der Waals surface area contributed by atoms with E-state index in [9.17, 15) is 13.2 Å². The molecule has 1 N–H and O–H groups in total. The van der Waals surface area contributed by atoms with Crippen LogP contribution in [0.15, 0.2) is 23.1 Å². The van der Waals surface area contributed by atoms with E-state index in [1.54, 1.807) is 26.0 Å². The molecule has 6 nitrogen and oxygen atoms in total. The summed E-state index contributed by atoms with van der Waals surface area (Å²) in [5, 5.41) is 3.18. The van der Waals surface area contributed by atoms with E-state index in [2.05, 4.69) is 5.32 Å². The van der Waals surface area contributed by atoms with Gasteiger partial charge >= 0.3 is 5.97 Å². The van der Waals surface area contributed by atoms with Crippen LogP contribution in [0.5, 0.6) is 0 Å². The third-order valence-electron chi connectivity index (χ3n) is 4.18. The number of ether oxygens (including phenoxy) is 1. The Balaban J connectivity index is 0.00000288. The van der Waals surface area contributed by atoms with Gasteiger partial charge in [0.1, 0.15) is 0 Å². The zero-order chi connectivity index (χ0) is 17.0. The average Bonchev–Trinajstić information content (AvgIpc) is 2.55. The smallest absolute Gasteiger partial charge is 0.338 e. The largest absolute Gasteiger partial charge is 0.462 e. The second-order valence-electron chi connectivity index (χ2n) is 5.67. The van der Waals surface area contributed by atoms with Crippen LogP contribution in [0.25, 0.3) is 0 Å². The van der Waals surface area contributed by atoms with Crippen LogP contribution in [0.2, 0.25) is 0 Å². The SMILES string of the molecule is CCOC(=O)c1ccc(C)c(S(=O)(=O)N2CCC(NC)CC2)c1.Cl. The quantitative estimate of drug-likeness (QED) is 0.795. The Kier molecular flexibility index (Phi) is 7.66. The van der Waals surface area contributed by atoms with Crippen molar-refractivity contribution in [2.75, 3.05) is 26.7 Å². The molecule has 136 valence electrons. The molecule has 1 heterocycles. The van der Waals surface area contributed by atoms with Crippen LogP contribution in [0, 0.1) is 6.92 Å². The van der Waals surface area contributed by atoms with Crippen LogP contribution in [-0.4, -0.2) is 51.5 Å². The average molecular weight is 377 g/mol. The maximum Gasteiger partial charge on any atom is 0.338 e. The lowest BCUT2D eigenvalue weighted by Gasteiger charge is -2.31. The topological polar surface area (TPSA) is 75.7 Å². The van der Waals surface area contributed by atoms with E-state index >= 15 is 0 Å². The van der Waals surface area contributed by atoms with Gasteiger partial charge in [-0.05, 0) is 51.4 Å². The van der Waals surface area contributed by atoms with E-state index in [0.29, 0.717) is 24.7 Å². The second kappa shape index (κ2) is 8.80. The molecule has 8 heteroatoms. The van der Waals surface area contributed by atoms with Crippen LogP contribution in [0.4, 0.5) is 0 Å². The maximum atomic E-state index is 12.9. The summed E-state index contributed by atoms with van der Waals surface area (Å²) < 4.78 is 32.2. The number of sulfonamides is 1. The Labute approximate surface area is 150 Å². The molecule has 0 spiro atoms. The summed E-state index contributed by atoms with van der Waals surface area (Å²) in [5.41, 5.74) is 0.898. The van der Waals surface area contributed by atoms with Crippen molar-refractivity contribution in [2.24, 2.45) is 0 Å². The highest BCUT2D eigenvalue weighted by Gasteiger charge is 2.30. The summed E-state index contributed by atoms with van der Waals surface area (Å²) in [6.07, 6.45) is 1.57. The summed E-state index contributed by atoms with van der Waals surface area (Å²) >= 11 is 0. The van der Waals surface area contributed by atoms with Crippen molar-refractivity contribution in [3.05, 3.63) is 29.3 Å². The Bertz CT molecular complexity index is 671. The maximum absolute atomic E-state index is 12.9. The van der Waals surface area contributed by atoms with Crippen LogP contribution in [0.1, 0.15) is 35.7 Å². The highest BCUT2D eigenvalue weighted by atomic mass is 35.5. The van der Waals surface area contributed by atoms with Crippen molar-refractivity contribution in [3.63, 3.8) is 0 Å². The first-order valence-electron chi connectivity index (χ1n) is 7.85. The van der Waals surface area contributed by atoms with Gasteiger partial charge in [-0.2, -0.15) is 4.31 Å². The summed E-state index contributed by atoms with van der Waals surface area (Å²) in [4.78, 5) is 12.0. The summed E-state index contributed by atoms with van der Waals surface area (Å²) in [5.74, 6) is -0.502. The van der Waals surface area contributed by atoms with E-state index < -0.39 is 16.0 Å². The number of nitrogens with one attached hydrogen (secondary N) is 1. The van der Waals surface area contributed by atoms with E-state index in [0.717, 1.165) is 12.8 Å². The number of hydrogen-bond donors (Lipinski definition) is 1. The van der Waals surface area contributed by atoms with Gasteiger partial charge in [-0.3, -0.25) is 0 Å². The molecule has 1 fully saturated rings. The second-order valence-corrected chi connectivity index (χ2v) is 7.57. The van der Waals surface area contributed by atoms with Crippen molar-refractivity contribution in [3.8, 4) is 0 Å². The molecule has 1 aliphatic rings. The first-order valence-corrected chi connectivity index (χ1v) is 9.29. The fourth-order valence-corrected chi connectivity index (χ4v) is 4.46. The van der Waals surface area contributed by atoms with Gasteiger partial charge in [-0.25, -0.2) is 13.2 Å². The molecule has 2 rings (SSSR count). The first kappa shape index (κ1) is 20.9. The monoisotopic (exact) mass is 376 g/mol. The highest BCUT2D eigenvalue weighted by molar-refractivity contribution is 7.89. The van der Waals surface area contributed by atoms with Crippen LogP contribution in [-0.2, 0) is 14.8 Å². The minimum Gasteiger partial charge on any atom is -0.462 e. The number of hydrogen-bond acceptors (Lipinski definition) is 5. The normalized spacial score (nSPS) is 16.5. The predicted molar refractivity (Wildman–Crippen MR) is 95.2 cm³/mol. The number of carbonyl (C=O) groups excluding carboxylic acids is 1. The lowest BCUT2D eigenvalue weighted by atomic mass is 10.1. The van der Waals surface area contributed by atoms with Crippen LogP contribution < -0.4 is 5.32 Å². The molecule has 0 saturated carbocycles. The zero-order valence-electron chi connectivity index (χ0n) is 14.2. The lowest BCUT2D eigenvalue weighted by Crippen LogP contribution is -2.44. The molecule has 0 radical (unpaired) electrons. The fraction of sp³-hybridized carbons (Fsp3) is 0.562. The lowest BCUT2D eigenvalue weighted by molar-refractivity contribution is 0.0526. The molecule has 1 aromatic carbocycles. The molecule has 1 saturated heterocycles. The molecule has 0 atom stereocenters. The number of halogens is 1. The van der Waals surface area contributed by atoms with Crippen molar-refractivity contribution in [1.29, 1.82) is 0 Å². The van der Waals surface area contributed by atoms with Gasteiger partial charge in [-0.1, -0.05) is 6.07 Å². The highest BCUT2D eigenvalue weighted by Crippen LogP contribution is 2.24. The summed E-state index contributed by atoms with van der Waals surface area (Å²) in [7, 11) is -1.71. The minimum atomic E-state index is -3.60. The Hall–Kier alpha value is -1.15.